The second-order valence-electron chi connectivity index (χ2n) is 5.67. The van der Waals surface area contributed by atoms with E-state index in [1.807, 2.05) is 0 Å². The van der Waals surface area contributed by atoms with Gasteiger partial charge in [0.25, 0.3) is 0 Å². The molecule has 24 heavy (non-hydrogen) atoms. The molecule has 0 saturated carbocycles. The lowest BCUT2D eigenvalue weighted by molar-refractivity contribution is -0.0803. The molecule has 0 bridgehead atoms. The van der Waals surface area contributed by atoms with Crippen molar-refractivity contribution >= 4 is 24.8 Å². The number of nitrogens with two attached hydrogens (primary N) is 1. The molecule has 4 rings (SSSR count). The summed E-state index contributed by atoms with van der Waals surface area (Å²) in [5.41, 5.74) is 5.18. The molecule has 2 aromatic heterocycles. The number of imidazole rings is 1. The van der Waals surface area contributed by atoms with Gasteiger partial charge in [0.2, 0.25) is 0 Å². The minimum Gasteiger partial charge on any atom is -0.390 e. The molecule has 2 aromatic rings. The van der Waals surface area contributed by atoms with Crippen molar-refractivity contribution in [3.63, 3.8) is 0 Å². The van der Waals surface area contributed by atoms with Gasteiger partial charge in [0, 0.05) is 6.42 Å². The van der Waals surface area contributed by atoms with Gasteiger partial charge in [0.05, 0.1) is 12.4 Å². The van der Waals surface area contributed by atoms with Crippen LogP contribution in [-0.4, -0.2) is 52.2 Å². The molecule has 1 fully saturated rings. The molecular weight excluding hydrogens is 341 g/mol. The molecule has 11 nitrogen and oxygen atoms in total. The van der Waals surface area contributed by atoms with Crippen molar-refractivity contribution in [3.05, 3.63) is 24.8 Å². The summed E-state index contributed by atoms with van der Waals surface area (Å²) in [5.74, 6) is 0.221. The highest BCUT2D eigenvalue weighted by Gasteiger charge is 2.56. The average Bonchev–Trinajstić information content (AvgIpc) is 2.94. The van der Waals surface area contributed by atoms with Gasteiger partial charge < -0.3 is 25.4 Å². The fourth-order valence-electron chi connectivity index (χ4n) is 2.90. The minimum atomic E-state index is -4.74. The van der Waals surface area contributed by atoms with Crippen molar-refractivity contribution in [3.8, 4) is 0 Å². The number of nitrogens with zero attached hydrogens (tertiary/aromatic N) is 4. The highest BCUT2D eigenvalue weighted by molar-refractivity contribution is 7.46. The zero-order valence-electron chi connectivity index (χ0n) is 12.1. The Kier molecular flexibility index (Phi) is 3.29. The molecule has 0 amide bonds. The number of phosphoric ester groups is 1. The van der Waals surface area contributed by atoms with E-state index in [0.29, 0.717) is 11.2 Å². The van der Waals surface area contributed by atoms with Gasteiger partial charge in [-0.2, -0.15) is 0 Å². The number of fused-ring (bicyclic) bond motifs is 1. The van der Waals surface area contributed by atoms with E-state index < -0.39 is 31.9 Å². The fraction of sp³-hybridized carbons (Fsp3) is 0.417. The number of ether oxygens (including phenoxy) is 1. The number of aromatic nitrogens is 4. The van der Waals surface area contributed by atoms with E-state index in [1.165, 1.54) is 24.8 Å². The summed E-state index contributed by atoms with van der Waals surface area (Å²) in [4.78, 5) is 30.1. The molecule has 1 aliphatic carbocycles. The van der Waals surface area contributed by atoms with Gasteiger partial charge in [0.1, 0.15) is 29.8 Å². The third kappa shape index (κ3) is 2.51. The zero-order chi connectivity index (χ0) is 17.1. The lowest BCUT2D eigenvalue weighted by Crippen LogP contribution is -2.39. The topological polar surface area (TPSA) is 166 Å². The van der Waals surface area contributed by atoms with Crippen molar-refractivity contribution in [2.45, 2.75) is 30.5 Å². The van der Waals surface area contributed by atoms with Gasteiger partial charge in [-0.25, -0.2) is 19.5 Å². The van der Waals surface area contributed by atoms with Crippen molar-refractivity contribution in [1.82, 2.24) is 19.5 Å². The first kappa shape index (κ1) is 15.6. The number of hydrogen-bond donors (Lipinski definition) is 4. The predicted octanol–water partition coefficient (Wildman–Crippen LogP) is -0.525. The second-order valence-corrected chi connectivity index (χ2v) is 6.83. The van der Waals surface area contributed by atoms with E-state index in [-0.39, 0.29) is 12.2 Å². The van der Waals surface area contributed by atoms with Crippen molar-refractivity contribution in [1.29, 1.82) is 0 Å². The SMILES string of the molecule is Nc1ncnc2c1ncn2[C@H]1C[C@H](O)[C@@H](C2(OP(=O)(O)O)C=C2)O1. The van der Waals surface area contributed by atoms with Gasteiger partial charge in [0.15, 0.2) is 11.5 Å². The Morgan fingerprint density at radius 3 is 2.79 bits per heavy atom. The number of rotatable bonds is 4. The normalized spacial score (nSPS) is 28.5. The Balaban J connectivity index is 1.61. The van der Waals surface area contributed by atoms with Crippen LogP contribution in [0.25, 0.3) is 11.2 Å². The highest BCUT2D eigenvalue weighted by Crippen LogP contribution is 2.52. The number of aliphatic hydroxyl groups excluding tert-OH is 1. The number of anilines is 1. The third-order valence-corrected chi connectivity index (χ3v) is 4.56. The quantitative estimate of drug-likeness (QED) is 0.414. The van der Waals surface area contributed by atoms with Gasteiger partial charge in [-0.15, -0.1) is 0 Å². The van der Waals surface area contributed by atoms with Crippen LogP contribution in [0.2, 0.25) is 0 Å². The molecule has 0 spiro atoms. The summed E-state index contributed by atoms with van der Waals surface area (Å²) < 4.78 is 23.3. The molecule has 1 aliphatic heterocycles. The van der Waals surface area contributed by atoms with E-state index in [2.05, 4.69) is 15.0 Å². The van der Waals surface area contributed by atoms with Crippen LogP contribution in [0.1, 0.15) is 12.6 Å². The maximum absolute atomic E-state index is 11.1. The summed E-state index contributed by atoms with van der Waals surface area (Å²) >= 11 is 0. The average molecular weight is 355 g/mol. The van der Waals surface area contributed by atoms with Crippen LogP contribution in [0, 0.1) is 0 Å². The Labute approximate surface area is 135 Å². The van der Waals surface area contributed by atoms with Gasteiger partial charge in [-0.05, 0) is 12.2 Å². The first-order chi connectivity index (χ1) is 11.3. The van der Waals surface area contributed by atoms with Crippen LogP contribution in [0.3, 0.4) is 0 Å². The van der Waals surface area contributed by atoms with Crippen LogP contribution in [0.15, 0.2) is 24.8 Å². The predicted molar refractivity (Wildman–Crippen MR) is 79.3 cm³/mol. The Morgan fingerprint density at radius 2 is 2.12 bits per heavy atom. The molecule has 0 radical (unpaired) electrons. The minimum absolute atomic E-state index is 0.175. The summed E-state index contributed by atoms with van der Waals surface area (Å²) in [6.07, 6.45) is 3.23. The lowest BCUT2D eigenvalue weighted by Gasteiger charge is -2.26. The number of phosphoric acid groups is 1. The molecule has 3 atom stereocenters. The largest absolute Gasteiger partial charge is 0.470 e. The van der Waals surface area contributed by atoms with Gasteiger partial charge in [-0.1, -0.05) is 0 Å². The molecule has 3 heterocycles. The van der Waals surface area contributed by atoms with E-state index in [1.54, 1.807) is 4.57 Å². The summed E-state index contributed by atoms with van der Waals surface area (Å²) in [5, 5.41) is 10.3. The van der Waals surface area contributed by atoms with E-state index >= 15 is 0 Å². The van der Waals surface area contributed by atoms with Crippen LogP contribution in [0.4, 0.5) is 5.82 Å². The van der Waals surface area contributed by atoms with Crippen LogP contribution in [0.5, 0.6) is 0 Å². The molecule has 12 heteroatoms. The van der Waals surface area contributed by atoms with E-state index in [4.69, 9.17) is 24.8 Å². The van der Waals surface area contributed by atoms with Crippen LogP contribution < -0.4 is 5.73 Å². The molecule has 2 aliphatic rings. The summed E-state index contributed by atoms with van der Waals surface area (Å²) in [7, 11) is -4.74. The monoisotopic (exact) mass is 355 g/mol. The Bertz CT molecular complexity index is 872. The summed E-state index contributed by atoms with van der Waals surface area (Å²) in [6, 6.07) is 0. The molecule has 0 aromatic carbocycles. The third-order valence-electron chi connectivity index (χ3n) is 4.01. The highest BCUT2D eigenvalue weighted by atomic mass is 31.2. The fourth-order valence-corrected chi connectivity index (χ4v) is 3.54. The Hall–Kier alpha value is -1.88. The van der Waals surface area contributed by atoms with Crippen molar-refractivity contribution < 1.29 is 28.7 Å². The summed E-state index contributed by atoms with van der Waals surface area (Å²) in [6.45, 7) is 0. The van der Waals surface area contributed by atoms with E-state index in [0.717, 1.165) is 0 Å². The molecule has 1 saturated heterocycles. The van der Waals surface area contributed by atoms with Gasteiger partial charge in [-0.3, -0.25) is 9.09 Å². The molecule has 128 valence electrons. The van der Waals surface area contributed by atoms with Gasteiger partial charge >= 0.3 is 7.82 Å². The molecule has 5 N–H and O–H groups in total. The molecule has 0 unspecified atom stereocenters. The number of aliphatic hydroxyl groups is 1. The van der Waals surface area contributed by atoms with Crippen molar-refractivity contribution in [2.75, 3.05) is 5.73 Å². The number of hydrogen-bond acceptors (Lipinski definition) is 8. The lowest BCUT2D eigenvalue weighted by atomic mass is 10.0. The smallest absolute Gasteiger partial charge is 0.390 e. The first-order valence-corrected chi connectivity index (χ1v) is 8.55. The maximum atomic E-state index is 11.1. The number of nitrogen functional groups attached to an aromatic ring is 1. The van der Waals surface area contributed by atoms with Crippen molar-refractivity contribution in [2.24, 2.45) is 0 Å². The van der Waals surface area contributed by atoms with Crippen LogP contribution in [-0.2, 0) is 13.8 Å². The molecular formula is C12H14N5O6P. The Morgan fingerprint density at radius 1 is 1.38 bits per heavy atom. The van der Waals surface area contributed by atoms with Crippen LogP contribution >= 0.6 is 7.82 Å². The van der Waals surface area contributed by atoms with E-state index in [9.17, 15) is 9.67 Å². The first-order valence-electron chi connectivity index (χ1n) is 7.02. The standard InChI is InChI=1S/C12H14N5O6P/c13-10-8-11(15-4-14-10)17(5-16-8)7-3-6(18)9(22-7)12(1-2-12)23-24(19,20)21/h1-2,4-7,9,18H,3H2,(H2,13,14,15)(H2,19,20,21)/t6-,7+,9-/m0/s1. The maximum Gasteiger partial charge on any atom is 0.470 e. The second kappa shape index (κ2) is 5.06. The zero-order valence-corrected chi connectivity index (χ0v) is 13.0.